The van der Waals surface area contributed by atoms with E-state index in [1.165, 1.54) is 5.56 Å². The van der Waals surface area contributed by atoms with Crippen LogP contribution in [0.1, 0.15) is 5.56 Å². The van der Waals surface area contributed by atoms with Crippen molar-refractivity contribution in [3.63, 3.8) is 0 Å². The number of nitrogens with zero attached hydrogens (tertiary/aromatic N) is 5. The number of ether oxygens (including phenoxy) is 1. The molecule has 3 heterocycles. The van der Waals surface area contributed by atoms with E-state index in [0.717, 1.165) is 16.4 Å². The lowest BCUT2D eigenvalue weighted by Crippen LogP contribution is -2.50. The van der Waals surface area contributed by atoms with Crippen molar-refractivity contribution in [3.8, 4) is 5.75 Å². The fourth-order valence-corrected chi connectivity index (χ4v) is 4.78. The number of benzene rings is 2. The number of hydrogen-bond donors (Lipinski definition) is 2. The minimum atomic E-state index is -0.0620. The van der Waals surface area contributed by atoms with Gasteiger partial charge in [0.15, 0.2) is 23.2 Å². The summed E-state index contributed by atoms with van der Waals surface area (Å²) in [6, 6.07) is 17.2. The first kappa shape index (κ1) is 23.3. The molecular weight excluding hydrogens is 486 g/mol. The number of fused-ring (bicyclic) bond motifs is 1. The summed E-state index contributed by atoms with van der Waals surface area (Å²) in [6.07, 6.45) is 0. The van der Waals surface area contributed by atoms with Gasteiger partial charge in [0.1, 0.15) is 11.3 Å². The fraction of sp³-hybridized carbons (Fsp3) is 0.250. The summed E-state index contributed by atoms with van der Waals surface area (Å²) in [6.45, 7) is 2.32. The molecule has 35 heavy (non-hydrogen) atoms. The molecule has 0 atom stereocenters. The molecule has 0 bridgehead atoms. The predicted molar refractivity (Wildman–Crippen MR) is 138 cm³/mol. The van der Waals surface area contributed by atoms with Gasteiger partial charge in [-0.15, -0.1) is 0 Å². The molecule has 180 valence electrons. The predicted octanol–water partition coefficient (Wildman–Crippen LogP) is 3.61. The lowest BCUT2D eigenvalue weighted by Gasteiger charge is -2.35. The number of halogens is 1. The molecule has 5 rings (SSSR count). The molecule has 2 aromatic carbocycles. The molecule has 4 aromatic rings. The standard InChI is InChI=1S/C24H24ClN7O2S/c25-17-6-8-18(9-7-17)34-14-19(33)31-10-12-32(13-11-31)22-20-21(28-23(26)30-22)29-24(27-20)35-15-16-4-2-1-3-5-16/h1-9H,10-15H2,(H3,26,27,28,29,30). The van der Waals surface area contributed by atoms with E-state index in [0.29, 0.717) is 48.4 Å². The van der Waals surface area contributed by atoms with Crippen LogP contribution < -0.4 is 15.4 Å². The van der Waals surface area contributed by atoms with Crippen molar-refractivity contribution in [1.29, 1.82) is 0 Å². The van der Waals surface area contributed by atoms with Gasteiger partial charge < -0.3 is 25.3 Å². The first-order chi connectivity index (χ1) is 17.0. The maximum atomic E-state index is 12.6. The van der Waals surface area contributed by atoms with Crippen LogP contribution in [-0.2, 0) is 10.5 Å². The van der Waals surface area contributed by atoms with Gasteiger partial charge in [-0.3, -0.25) is 4.79 Å². The molecule has 0 saturated carbocycles. The number of aromatic amines is 1. The number of hydrogen-bond acceptors (Lipinski definition) is 8. The lowest BCUT2D eigenvalue weighted by atomic mass is 10.2. The third kappa shape index (κ3) is 5.60. The quantitative estimate of drug-likeness (QED) is 0.363. The number of carbonyl (C=O) groups excluding carboxylic acids is 1. The molecule has 0 aliphatic carbocycles. The van der Waals surface area contributed by atoms with Crippen molar-refractivity contribution in [2.24, 2.45) is 0 Å². The Bertz CT molecular complexity index is 1310. The molecule has 0 unspecified atom stereocenters. The summed E-state index contributed by atoms with van der Waals surface area (Å²) in [7, 11) is 0. The van der Waals surface area contributed by atoms with E-state index in [-0.39, 0.29) is 18.5 Å². The van der Waals surface area contributed by atoms with E-state index in [2.05, 4.69) is 37.0 Å². The number of anilines is 2. The third-order valence-corrected chi connectivity index (χ3v) is 6.85. The van der Waals surface area contributed by atoms with Gasteiger partial charge in [-0.05, 0) is 29.8 Å². The lowest BCUT2D eigenvalue weighted by molar-refractivity contribution is -0.133. The highest BCUT2D eigenvalue weighted by molar-refractivity contribution is 7.98. The molecule has 9 nitrogen and oxygen atoms in total. The van der Waals surface area contributed by atoms with Crippen LogP contribution in [0.3, 0.4) is 0 Å². The average molecular weight is 510 g/mol. The van der Waals surface area contributed by atoms with Crippen LogP contribution in [0.5, 0.6) is 5.75 Å². The Kier molecular flexibility index (Phi) is 6.91. The van der Waals surface area contributed by atoms with E-state index in [9.17, 15) is 4.79 Å². The molecule has 1 aliphatic rings. The zero-order chi connectivity index (χ0) is 24.2. The first-order valence-corrected chi connectivity index (χ1v) is 12.5. The highest BCUT2D eigenvalue weighted by Crippen LogP contribution is 2.28. The summed E-state index contributed by atoms with van der Waals surface area (Å²) in [5.74, 6) is 2.22. The minimum absolute atomic E-state index is 0.0190. The van der Waals surface area contributed by atoms with E-state index < -0.39 is 0 Å². The number of thioether (sulfide) groups is 1. The topological polar surface area (TPSA) is 113 Å². The SMILES string of the molecule is Nc1nc(N2CCN(C(=O)COc3ccc(Cl)cc3)CC2)c2[nH]c(SCc3ccccc3)nc2n1. The van der Waals surface area contributed by atoms with E-state index in [1.807, 2.05) is 18.2 Å². The number of amides is 1. The minimum Gasteiger partial charge on any atom is -0.484 e. The van der Waals surface area contributed by atoms with Crippen LogP contribution in [0.2, 0.25) is 5.02 Å². The zero-order valence-corrected chi connectivity index (χ0v) is 20.4. The van der Waals surface area contributed by atoms with Crippen LogP contribution in [-0.4, -0.2) is 63.5 Å². The van der Waals surface area contributed by atoms with Gasteiger partial charge in [-0.25, -0.2) is 4.98 Å². The highest BCUT2D eigenvalue weighted by atomic mass is 35.5. The van der Waals surface area contributed by atoms with Gasteiger partial charge in [-0.1, -0.05) is 53.7 Å². The summed E-state index contributed by atoms with van der Waals surface area (Å²) < 4.78 is 5.60. The molecule has 2 aromatic heterocycles. The van der Waals surface area contributed by atoms with Crippen LogP contribution in [0, 0.1) is 0 Å². The van der Waals surface area contributed by atoms with E-state index in [1.54, 1.807) is 40.9 Å². The normalized spacial score (nSPS) is 13.9. The highest BCUT2D eigenvalue weighted by Gasteiger charge is 2.25. The maximum absolute atomic E-state index is 12.6. The van der Waals surface area contributed by atoms with Gasteiger partial charge >= 0.3 is 0 Å². The molecule has 11 heteroatoms. The number of carbonyl (C=O) groups is 1. The molecule has 1 aliphatic heterocycles. The Morgan fingerprint density at radius 3 is 2.51 bits per heavy atom. The fourth-order valence-electron chi connectivity index (χ4n) is 3.84. The summed E-state index contributed by atoms with van der Waals surface area (Å²) in [4.78, 5) is 33.3. The van der Waals surface area contributed by atoms with Gasteiger partial charge in [0.25, 0.3) is 5.91 Å². The van der Waals surface area contributed by atoms with Crippen molar-refractivity contribution in [2.75, 3.05) is 43.4 Å². The van der Waals surface area contributed by atoms with Crippen molar-refractivity contribution >= 4 is 52.2 Å². The molecule has 0 radical (unpaired) electrons. The second-order valence-corrected chi connectivity index (χ2v) is 9.43. The molecule has 1 amide bonds. The van der Waals surface area contributed by atoms with Crippen LogP contribution in [0.4, 0.5) is 11.8 Å². The molecule has 0 spiro atoms. The Labute approximate surface area is 211 Å². The van der Waals surface area contributed by atoms with Gasteiger partial charge in [0.2, 0.25) is 5.95 Å². The van der Waals surface area contributed by atoms with Gasteiger partial charge in [0.05, 0.1) is 0 Å². The van der Waals surface area contributed by atoms with Crippen molar-refractivity contribution in [2.45, 2.75) is 10.9 Å². The second kappa shape index (κ2) is 10.4. The number of H-pyrrole nitrogens is 1. The summed E-state index contributed by atoms with van der Waals surface area (Å²) in [5.41, 5.74) is 8.49. The Morgan fingerprint density at radius 1 is 1.03 bits per heavy atom. The Hall–Kier alpha value is -3.50. The van der Waals surface area contributed by atoms with E-state index in [4.69, 9.17) is 22.1 Å². The van der Waals surface area contributed by atoms with Crippen LogP contribution in [0.25, 0.3) is 11.2 Å². The summed E-state index contributed by atoms with van der Waals surface area (Å²) >= 11 is 7.49. The largest absolute Gasteiger partial charge is 0.484 e. The van der Waals surface area contributed by atoms with Crippen molar-refractivity contribution < 1.29 is 9.53 Å². The molecular formula is C24H24ClN7O2S. The zero-order valence-electron chi connectivity index (χ0n) is 18.9. The van der Waals surface area contributed by atoms with Crippen LogP contribution in [0.15, 0.2) is 59.8 Å². The number of nitrogens with two attached hydrogens (primary N) is 1. The number of nitrogens with one attached hydrogen (secondary N) is 1. The van der Waals surface area contributed by atoms with Gasteiger partial charge in [-0.2, -0.15) is 9.97 Å². The Morgan fingerprint density at radius 2 is 1.77 bits per heavy atom. The summed E-state index contributed by atoms with van der Waals surface area (Å²) in [5, 5.41) is 1.39. The number of piperazine rings is 1. The average Bonchev–Trinajstić information content (AvgIpc) is 3.30. The van der Waals surface area contributed by atoms with Crippen molar-refractivity contribution in [1.82, 2.24) is 24.8 Å². The third-order valence-electron chi connectivity index (χ3n) is 5.65. The Balaban J connectivity index is 1.22. The van der Waals surface area contributed by atoms with Gasteiger partial charge in [0, 0.05) is 37.0 Å². The number of nitrogen functional groups attached to an aromatic ring is 1. The number of imidazole rings is 1. The maximum Gasteiger partial charge on any atom is 0.260 e. The number of aromatic nitrogens is 4. The second-order valence-electron chi connectivity index (χ2n) is 8.03. The molecule has 1 fully saturated rings. The smallest absolute Gasteiger partial charge is 0.260 e. The van der Waals surface area contributed by atoms with Crippen molar-refractivity contribution in [3.05, 3.63) is 65.2 Å². The molecule has 3 N–H and O–H groups in total. The van der Waals surface area contributed by atoms with E-state index >= 15 is 0 Å². The number of rotatable bonds is 7. The monoisotopic (exact) mass is 509 g/mol. The van der Waals surface area contributed by atoms with Crippen LogP contribution >= 0.6 is 23.4 Å². The first-order valence-electron chi connectivity index (χ1n) is 11.2. The molecule has 1 saturated heterocycles.